The van der Waals surface area contributed by atoms with Crippen LogP contribution < -0.4 is 10.5 Å². The van der Waals surface area contributed by atoms with Crippen LogP contribution in [0.2, 0.25) is 0 Å². The van der Waals surface area contributed by atoms with E-state index in [4.69, 9.17) is 15.9 Å². The van der Waals surface area contributed by atoms with Crippen molar-refractivity contribution in [2.45, 2.75) is 12.8 Å². The Morgan fingerprint density at radius 2 is 2.06 bits per heavy atom. The van der Waals surface area contributed by atoms with Crippen LogP contribution in [0.15, 0.2) is 18.2 Å². The van der Waals surface area contributed by atoms with E-state index in [2.05, 4.69) is 4.74 Å². The molecule has 1 aromatic rings. The minimum Gasteiger partial charge on any atom is -0.496 e. The second-order valence-electron chi connectivity index (χ2n) is 3.56. The molecule has 1 rings (SSSR count). The van der Waals surface area contributed by atoms with Crippen molar-refractivity contribution in [1.29, 1.82) is 5.41 Å². The Labute approximate surface area is 102 Å². The maximum atomic E-state index is 11.9. The lowest BCUT2D eigenvalue weighted by atomic mass is 10.1. The summed E-state index contributed by atoms with van der Waals surface area (Å²) in [4.78, 5) is 0. The zero-order chi connectivity index (χ0) is 13.8. The minimum absolute atomic E-state index is 0.172. The van der Waals surface area contributed by atoms with Gasteiger partial charge in [0.25, 0.3) is 0 Å². The fraction of sp³-hybridized carbons (Fsp3) is 0.364. The van der Waals surface area contributed by atoms with Gasteiger partial charge >= 0.3 is 6.18 Å². The molecule has 100 valence electrons. The van der Waals surface area contributed by atoms with E-state index in [0.29, 0.717) is 16.9 Å². The van der Waals surface area contributed by atoms with Crippen LogP contribution in [0.3, 0.4) is 0 Å². The SMILES string of the molecule is COc1cc(COCC(F)(F)F)ccc1C(=N)N. The normalized spacial score (nSPS) is 11.3. The molecule has 0 spiro atoms. The first-order valence-corrected chi connectivity index (χ1v) is 4.99. The molecule has 0 aliphatic rings. The summed E-state index contributed by atoms with van der Waals surface area (Å²) < 4.78 is 45.2. The Morgan fingerprint density at radius 3 is 2.56 bits per heavy atom. The highest BCUT2D eigenvalue weighted by Gasteiger charge is 2.27. The largest absolute Gasteiger partial charge is 0.496 e. The average molecular weight is 262 g/mol. The van der Waals surface area contributed by atoms with Gasteiger partial charge < -0.3 is 15.2 Å². The molecular formula is C11H13F3N2O2. The van der Waals surface area contributed by atoms with Gasteiger partial charge in [0.05, 0.1) is 19.3 Å². The second kappa shape index (κ2) is 5.72. The van der Waals surface area contributed by atoms with Gasteiger partial charge in [-0.3, -0.25) is 5.41 Å². The summed E-state index contributed by atoms with van der Waals surface area (Å²) in [5.41, 5.74) is 6.22. The maximum Gasteiger partial charge on any atom is 0.411 e. The lowest BCUT2D eigenvalue weighted by Crippen LogP contribution is -2.17. The second-order valence-corrected chi connectivity index (χ2v) is 3.56. The molecule has 0 aliphatic heterocycles. The molecule has 0 heterocycles. The average Bonchev–Trinajstić information content (AvgIpc) is 2.26. The Bertz CT molecular complexity index is 433. The van der Waals surface area contributed by atoms with Crippen molar-refractivity contribution >= 4 is 5.84 Å². The van der Waals surface area contributed by atoms with Crippen LogP contribution >= 0.6 is 0 Å². The van der Waals surface area contributed by atoms with E-state index in [1.807, 2.05) is 0 Å². The van der Waals surface area contributed by atoms with Crippen molar-refractivity contribution in [2.75, 3.05) is 13.7 Å². The summed E-state index contributed by atoms with van der Waals surface area (Å²) in [5.74, 6) is 0.158. The van der Waals surface area contributed by atoms with Gasteiger partial charge in [0.2, 0.25) is 0 Å². The number of alkyl halides is 3. The van der Waals surface area contributed by atoms with E-state index >= 15 is 0 Å². The van der Waals surface area contributed by atoms with Gasteiger partial charge in [-0.15, -0.1) is 0 Å². The quantitative estimate of drug-likeness (QED) is 0.630. The third kappa shape index (κ3) is 4.25. The molecule has 0 aliphatic carbocycles. The first-order chi connectivity index (χ1) is 8.33. The zero-order valence-corrected chi connectivity index (χ0v) is 9.67. The molecule has 7 heteroatoms. The molecular weight excluding hydrogens is 249 g/mol. The molecule has 0 radical (unpaired) electrons. The van der Waals surface area contributed by atoms with Gasteiger partial charge in [-0.1, -0.05) is 6.07 Å². The van der Waals surface area contributed by atoms with Crippen LogP contribution in [0.25, 0.3) is 0 Å². The molecule has 0 saturated heterocycles. The van der Waals surface area contributed by atoms with E-state index in [0.717, 1.165) is 0 Å². The molecule has 4 nitrogen and oxygen atoms in total. The molecule has 0 aromatic heterocycles. The van der Waals surface area contributed by atoms with Crippen LogP contribution in [0.5, 0.6) is 5.75 Å². The first kappa shape index (κ1) is 14.3. The number of benzene rings is 1. The van der Waals surface area contributed by atoms with Crippen molar-refractivity contribution in [3.8, 4) is 5.75 Å². The van der Waals surface area contributed by atoms with Gasteiger partial charge in [0.15, 0.2) is 0 Å². The van der Waals surface area contributed by atoms with Gasteiger partial charge in [-0.05, 0) is 17.7 Å². The van der Waals surface area contributed by atoms with Crippen LogP contribution in [0, 0.1) is 5.41 Å². The summed E-state index contributed by atoms with van der Waals surface area (Å²) in [6, 6.07) is 4.54. The van der Waals surface area contributed by atoms with Crippen molar-refractivity contribution in [1.82, 2.24) is 0 Å². The van der Waals surface area contributed by atoms with Crippen LogP contribution in [-0.2, 0) is 11.3 Å². The van der Waals surface area contributed by atoms with Gasteiger partial charge in [-0.2, -0.15) is 13.2 Å². The Kier molecular flexibility index (Phi) is 4.55. The number of nitrogens with one attached hydrogen (secondary N) is 1. The molecule has 0 saturated carbocycles. The standard InChI is InChI=1S/C11H13F3N2O2/c1-17-9-4-7(2-3-8(9)10(15)16)5-18-6-11(12,13)14/h2-4H,5-6H2,1H3,(H3,15,16). The van der Waals surface area contributed by atoms with Crippen molar-refractivity contribution < 1.29 is 22.6 Å². The van der Waals surface area contributed by atoms with E-state index in [1.165, 1.54) is 25.3 Å². The number of methoxy groups -OCH3 is 1. The predicted octanol–water partition coefficient (Wildman–Crippen LogP) is 2.06. The number of rotatable bonds is 5. The molecule has 0 bridgehead atoms. The highest BCUT2D eigenvalue weighted by Crippen LogP contribution is 2.21. The van der Waals surface area contributed by atoms with E-state index in [9.17, 15) is 13.2 Å². The summed E-state index contributed by atoms with van der Waals surface area (Å²) in [7, 11) is 1.39. The highest BCUT2D eigenvalue weighted by molar-refractivity contribution is 5.97. The number of amidine groups is 1. The lowest BCUT2D eigenvalue weighted by molar-refractivity contribution is -0.176. The molecule has 0 unspecified atom stereocenters. The van der Waals surface area contributed by atoms with Crippen LogP contribution in [0.1, 0.15) is 11.1 Å². The predicted molar refractivity (Wildman–Crippen MR) is 59.7 cm³/mol. The third-order valence-corrected chi connectivity index (χ3v) is 2.09. The molecule has 0 fully saturated rings. The van der Waals surface area contributed by atoms with E-state index in [-0.39, 0.29) is 12.4 Å². The summed E-state index contributed by atoms with van der Waals surface area (Å²) >= 11 is 0. The number of ether oxygens (including phenoxy) is 2. The molecule has 0 amide bonds. The monoisotopic (exact) mass is 262 g/mol. The summed E-state index contributed by atoms with van der Waals surface area (Å²) in [6.45, 7) is -1.49. The van der Waals surface area contributed by atoms with Crippen LogP contribution in [0.4, 0.5) is 13.2 Å². The highest BCUT2D eigenvalue weighted by atomic mass is 19.4. The van der Waals surface area contributed by atoms with E-state index in [1.54, 1.807) is 0 Å². The number of halogens is 3. The summed E-state index contributed by atoms with van der Waals surface area (Å²) in [6.07, 6.45) is -4.34. The zero-order valence-electron chi connectivity index (χ0n) is 9.67. The smallest absolute Gasteiger partial charge is 0.411 e. The molecule has 0 atom stereocenters. The Morgan fingerprint density at radius 1 is 1.39 bits per heavy atom. The first-order valence-electron chi connectivity index (χ1n) is 4.99. The van der Waals surface area contributed by atoms with Gasteiger partial charge in [0, 0.05) is 0 Å². The van der Waals surface area contributed by atoms with Crippen LogP contribution in [-0.4, -0.2) is 25.7 Å². The maximum absolute atomic E-state index is 11.9. The van der Waals surface area contributed by atoms with Gasteiger partial charge in [-0.25, -0.2) is 0 Å². The number of nitrogen functional groups attached to an aromatic ring is 1. The Hall–Kier alpha value is -1.76. The van der Waals surface area contributed by atoms with Crippen molar-refractivity contribution in [3.05, 3.63) is 29.3 Å². The van der Waals surface area contributed by atoms with E-state index < -0.39 is 12.8 Å². The molecule has 3 N–H and O–H groups in total. The van der Waals surface area contributed by atoms with Crippen molar-refractivity contribution in [2.24, 2.45) is 5.73 Å². The summed E-state index contributed by atoms with van der Waals surface area (Å²) in [5, 5.41) is 7.29. The fourth-order valence-corrected chi connectivity index (χ4v) is 1.33. The fourth-order valence-electron chi connectivity index (χ4n) is 1.33. The molecule has 1 aromatic carbocycles. The number of hydrogen-bond donors (Lipinski definition) is 2. The number of hydrogen-bond acceptors (Lipinski definition) is 3. The number of nitrogens with two attached hydrogens (primary N) is 1. The van der Waals surface area contributed by atoms with Crippen molar-refractivity contribution in [3.63, 3.8) is 0 Å². The van der Waals surface area contributed by atoms with Gasteiger partial charge in [0.1, 0.15) is 18.2 Å². The third-order valence-electron chi connectivity index (χ3n) is 2.09. The Balaban J connectivity index is 2.71. The topological polar surface area (TPSA) is 68.3 Å². The minimum atomic E-state index is -4.34. The lowest BCUT2D eigenvalue weighted by Gasteiger charge is -2.11. The molecule has 18 heavy (non-hydrogen) atoms.